The van der Waals surface area contributed by atoms with E-state index in [9.17, 15) is 9.18 Å². The van der Waals surface area contributed by atoms with Gasteiger partial charge in [0.1, 0.15) is 11.6 Å². The fourth-order valence-electron chi connectivity index (χ4n) is 1.94. The summed E-state index contributed by atoms with van der Waals surface area (Å²) in [5.74, 6) is 0.158. The Morgan fingerprint density at radius 2 is 2.24 bits per heavy atom. The van der Waals surface area contributed by atoms with E-state index < -0.39 is 5.82 Å². The van der Waals surface area contributed by atoms with Crippen molar-refractivity contribution in [3.05, 3.63) is 48.2 Å². The minimum atomic E-state index is -0.432. The number of carbonyl (C=O) groups is 1. The molecule has 5 nitrogen and oxygen atoms in total. The molecule has 0 saturated heterocycles. The summed E-state index contributed by atoms with van der Waals surface area (Å²) in [6.07, 6.45) is 1.60. The van der Waals surface area contributed by atoms with Crippen molar-refractivity contribution in [1.29, 1.82) is 0 Å². The van der Waals surface area contributed by atoms with E-state index in [1.807, 2.05) is 24.0 Å². The predicted octanol–water partition coefficient (Wildman–Crippen LogP) is 2.46. The van der Waals surface area contributed by atoms with Gasteiger partial charge in [-0.1, -0.05) is 6.92 Å². The van der Waals surface area contributed by atoms with Crippen molar-refractivity contribution in [2.45, 2.75) is 13.5 Å². The van der Waals surface area contributed by atoms with Gasteiger partial charge >= 0.3 is 0 Å². The molecule has 112 valence electrons. The van der Waals surface area contributed by atoms with Crippen LogP contribution in [0.4, 0.5) is 15.8 Å². The molecule has 0 radical (unpaired) electrons. The summed E-state index contributed by atoms with van der Waals surface area (Å²) < 4.78 is 18.2. The zero-order valence-electron chi connectivity index (χ0n) is 11.8. The normalized spacial score (nSPS) is 10.8. The lowest BCUT2D eigenvalue weighted by Crippen LogP contribution is -2.32. The molecule has 1 heterocycles. The lowest BCUT2D eigenvalue weighted by Gasteiger charge is -2.18. The number of rotatable bonds is 6. The number of anilines is 2. The van der Waals surface area contributed by atoms with Gasteiger partial charge in [0.25, 0.3) is 0 Å². The van der Waals surface area contributed by atoms with Crippen molar-refractivity contribution >= 4 is 17.3 Å². The van der Waals surface area contributed by atoms with Gasteiger partial charge < -0.3 is 15.5 Å². The van der Waals surface area contributed by atoms with Crippen molar-refractivity contribution in [2.75, 3.05) is 24.1 Å². The summed E-state index contributed by atoms with van der Waals surface area (Å²) in [5.41, 5.74) is 6.28. The summed E-state index contributed by atoms with van der Waals surface area (Å²) in [5, 5.41) is 2.68. The predicted molar refractivity (Wildman–Crippen MR) is 79.1 cm³/mol. The average molecular weight is 291 g/mol. The van der Waals surface area contributed by atoms with Gasteiger partial charge in [-0.3, -0.25) is 9.69 Å². The third-order valence-electron chi connectivity index (χ3n) is 3.06. The number of nitrogen functional groups attached to an aromatic ring is 1. The number of halogens is 1. The summed E-state index contributed by atoms with van der Waals surface area (Å²) >= 11 is 0. The van der Waals surface area contributed by atoms with Gasteiger partial charge in [-0.25, -0.2) is 4.39 Å². The number of benzene rings is 1. The van der Waals surface area contributed by atoms with E-state index in [1.54, 1.807) is 6.26 Å². The third-order valence-corrected chi connectivity index (χ3v) is 3.06. The molecular weight excluding hydrogens is 273 g/mol. The van der Waals surface area contributed by atoms with Crippen molar-refractivity contribution < 1.29 is 13.6 Å². The number of furan rings is 1. The molecule has 21 heavy (non-hydrogen) atoms. The molecule has 6 heteroatoms. The highest BCUT2D eigenvalue weighted by Crippen LogP contribution is 2.19. The zero-order chi connectivity index (χ0) is 15.2. The number of carbonyl (C=O) groups excluding carboxylic acids is 1. The van der Waals surface area contributed by atoms with E-state index in [-0.39, 0.29) is 18.1 Å². The number of nitrogens with zero attached hydrogens (tertiary/aromatic N) is 1. The van der Waals surface area contributed by atoms with Crippen LogP contribution in [0.15, 0.2) is 41.0 Å². The second kappa shape index (κ2) is 6.90. The van der Waals surface area contributed by atoms with E-state index in [0.29, 0.717) is 18.8 Å². The first-order chi connectivity index (χ1) is 10.1. The van der Waals surface area contributed by atoms with Crippen molar-refractivity contribution in [1.82, 2.24) is 4.90 Å². The molecule has 0 atom stereocenters. The Bertz CT molecular complexity index is 599. The van der Waals surface area contributed by atoms with E-state index in [2.05, 4.69) is 5.32 Å². The molecule has 0 spiro atoms. The average Bonchev–Trinajstić information content (AvgIpc) is 2.94. The molecule has 2 aromatic rings. The number of amides is 1. The van der Waals surface area contributed by atoms with Gasteiger partial charge in [-0.2, -0.15) is 0 Å². The highest BCUT2D eigenvalue weighted by atomic mass is 19.1. The van der Waals surface area contributed by atoms with Gasteiger partial charge in [0, 0.05) is 0 Å². The summed E-state index contributed by atoms with van der Waals surface area (Å²) in [7, 11) is 0. The Morgan fingerprint density at radius 3 is 2.86 bits per heavy atom. The third kappa shape index (κ3) is 4.32. The van der Waals surface area contributed by atoms with Crippen LogP contribution in [-0.2, 0) is 11.3 Å². The van der Waals surface area contributed by atoms with Crippen LogP contribution in [0.1, 0.15) is 12.7 Å². The van der Waals surface area contributed by atoms with Crippen LogP contribution >= 0.6 is 0 Å². The monoisotopic (exact) mass is 291 g/mol. The molecule has 0 aliphatic rings. The zero-order valence-corrected chi connectivity index (χ0v) is 11.8. The molecule has 0 aliphatic heterocycles. The van der Waals surface area contributed by atoms with Crippen LogP contribution in [-0.4, -0.2) is 23.9 Å². The number of likely N-dealkylation sites (N-methyl/N-ethyl adjacent to an activating group) is 1. The Labute approximate surface area is 122 Å². The van der Waals surface area contributed by atoms with Crippen LogP contribution in [0.5, 0.6) is 0 Å². The van der Waals surface area contributed by atoms with Gasteiger partial charge in [-0.15, -0.1) is 0 Å². The van der Waals surface area contributed by atoms with E-state index in [0.717, 1.165) is 5.76 Å². The van der Waals surface area contributed by atoms with Crippen molar-refractivity contribution in [3.8, 4) is 0 Å². The molecule has 0 bridgehead atoms. The van der Waals surface area contributed by atoms with E-state index in [1.165, 1.54) is 18.2 Å². The molecule has 3 N–H and O–H groups in total. The van der Waals surface area contributed by atoms with Crippen LogP contribution < -0.4 is 11.1 Å². The number of nitrogens with two attached hydrogens (primary N) is 1. The second-order valence-electron chi connectivity index (χ2n) is 4.66. The van der Waals surface area contributed by atoms with Gasteiger partial charge in [0.15, 0.2) is 0 Å². The molecular formula is C15H18FN3O2. The SMILES string of the molecule is CCN(CC(=O)Nc1ccc(F)cc1N)Cc1ccco1. The maximum atomic E-state index is 12.9. The maximum absolute atomic E-state index is 12.9. The first-order valence-corrected chi connectivity index (χ1v) is 6.68. The molecule has 0 fully saturated rings. The molecule has 1 aromatic carbocycles. The first kappa shape index (κ1) is 15.1. The summed E-state index contributed by atoms with van der Waals surface area (Å²) in [4.78, 5) is 13.9. The number of hydrogen-bond acceptors (Lipinski definition) is 4. The van der Waals surface area contributed by atoms with E-state index in [4.69, 9.17) is 10.2 Å². The van der Waals surface area contributed by atoms with Crippen molar-refractivity contribution in [3.63, 3.8) is 0 Å². The van der Waals surface area contributed by atoms with Gasteiger partial charge in [-0.05, 0) is 36.9 Å². The molecule has 1 aromatic heterocycles. The Kier molecular flexibility index (Phi) is 4.94. The number of nitrogens with one attached hydrogen (secondary N) is 1. The summed E-state index contributed by atoms with van der Waals surface area (Å²) in [6.45, 7) is 3.42. The van der Waals surface area contributed by atoms with Crippen LogP contribution in [0.3, 0.4) is 0 Å². The lowest BCUT2D eigenvalue weighted by molar-refractivity contribution is -0.117. The second-order valence-corrected chi connectivity index (χ2v) is 4.66. The highest BCUT2D eigenvalue weighted by molar-refractivity contribution is 5.95. The molecule has 1 amide bonds. The molecule has 2 rings (SSSR count). The summed E-state index contributed by atoms with van der Waals surface area (Å²) in [6, 6.07) is 7.55. The van der Waals surface area contributed by atoms with E-state index >= 15 is 0 Å². The molecule has 0 unspecified atom stereocenters. The van der Waals surface area contributed by atoms with Crippen LogP contribution in [0, 0.1) is 5.82 Å². The van der Waals surface area contributed by atoms with Crippen molar-refractivity contribution in [2.24, 2.45) is 0 Å². The van der Waals surface area contributed by atoms with Crippen LogP contribution in [0.25, 0.3) is 0 Å². The Morgan fingerprint density at radius 1 is 1.43 bits per heavy atom. The fraction of sp³-hybridized carbons (Fsp3) is 0.267. The first-order valence-electron chi connectivity index (χ1n) is 6.68. The Hall–Kier alpha value is -2.34. The highest BCUT2D eigenvalue weighted by Gasteiger charge is 2.12. The molecule has 0 saturated carbocycles. The Balaban J connectivity index is 1.93. The standard InChI is InChI=1S/C15H18FN3O2/c1-2-19(9-12-4-3-7-21-12)10-15(20)18-14-6-5-11(16)8-13(14)17/h3-8H,2,9-10,17H2,1H3,(H,18,20). The topological polar surface area (TPSA) is 71.5 Å². The fourth-order valence-corrected chi connectivity index (χ4v) is 1.94. The lowest BCUT2D eigenvalue weighted by atomic mass is 10.2. The largest absolute Gasteiger partial charge is 0.468 e. The quantitative estimate of drug-likeness (QED) is 0.802. The minimum absolute atomic E-state index is 0.202. The molecule has 0 aliphatic carbocycles. The smallest absolute Gasteiger partial charge is 0.238 e. The van der Waals surface area contributed by atoms with Crippen LogP contribution in [0.2, 0.25) is 0 Å². The number of hydrogen-bond donors (Lipinski definition) is 2. The van der Waals surface area contributed by atoms with Gasteiger partial charge in [0.2, 0.25) is 5.91 Å². The van der Waals surface area contributed by atoms with Gasteiger partial charge in [0.05, 0.1) is 30.7 Å². The minimum Gasteiger partial charge on any atom is -0.468 e. The maximum Gasteiger partial charge on any atom is 0.238 e.